The summed E-state index contributed by atoms with van der Waals surface area (Å²) in [5.41, 5.74) is 2.70. The van der Waals surface area contributed by atoms with Crippen molar-refractivity contribution >= 4 is 16.7 Å². The van der Waals surface area contributed by atoms with E-state index in [4.69, 9.17) is 4.98 Å². The molecule has 0 saturated carbocycles. The number of hydrogen-bond donors (Lipinski definition) is 1. The van der Waals surface area contributed by atoms with Crippen molar-refractivity contribution in [2.24, 2.45) is 0 Å². The van der Waals surface area contributed by atoms with Crippen LogP contribution in [0.2, 0.25) is 0 Å². The molecule has 1 aliphatic rings. The van der Waals surface area contributed by atoms with Crippen LogP contribution >= 0.6 is 0 Å². The van der Waals surface area contributed by atoms with Crippen molar-refractivity contribution in [3.63, 3.8) is 0 Å². The molecular weight excluding hydrogens is 351 g/mol. The molecule has 1 N–H and O–H groups in total. The van der Waals surface area contributed by atoms with Crippen LogP contribution in [-0.2, 0) is 6.18 Å². The maximum atomic E-state index is 13.7. The lowest BCUT2D eigenvalue weighted by atomic mass is 10.0. The molecule has 0 spiro atoms. The van der Waals surface area contributed by atoms with Gasteiger partial charge in [-0.05, 0) is 30.3 Å². The van der Waals surface area contributed by atoms with Crippen LogP contribution in [0.15, 0.2) is 72.8 Å². The summed E-state index contributed by atoms with van der Waals surface area (Å²) in [5, 5.41) is 3.28. The minimum absolute atomic E-state index is 0.170. The monoisotopic (exact) mass is 365 g/mol. The van der Waals surface area contributed by atoms with Crippen LogP contribution in [-0.4, -0.2) is 9.55 Å². The molecule has 0 saturated heterocycles. The fraction of sp³-hybridized carbons (Fsp3) is 0.0952. The Morgan fingerprint density at radius 2 is 1.56 bits per heavy atom. The van der Waals surface area contributed by atoms with E-state index in [-0.39, 0.29) is 5.56 Å². The Balaban J connectivity index is 1.83. The van der Waals surface area contributed by atoms with Gasteiger partial charge in [0.2, 0.25) is 0 Å². The molecule has 4 aromatic rings. The van der Waals surface area contributed by atoms with E-state index >= 15 is 0 Å². The Hall–Kier alpha value is -3.28. The Bertz CT molecular complexity index is 1160. The molecule has 6 heteroatoms. The summed E-state index contributed by atoms with van der Waals surface area (Å²) < 4.78 is 42.8. The minimum atomic E-state index is -4.44. The Morgan fingerprint density at radius 1 is 0.852 bits per heavy atom. The van der Waals surface area contributed by atoms with Crippen molar-refractivity contribution in [3.05, 3.63) is 83.9 Å². The molecule has 3 nitrogen and oxygen atoms in total. The normalized spacial score (nSPS) is 15.9. The summed E-state index contributed by atoms with van der Waals surface area (Å²) in [6.45, 7) is 0. The molecule has 0 unspecified atom stereocenters. The van der Waals surface area contributed by atoms with E-state index in [0.29, 0.717) is 5.82 Å². The second-order valence-corrected chi connectivity index (χ2v) is 6.47. The smallest absolute Gasteiger partial charge is 0.361 e. The number of halogens is 3. The van der Waals surface area contributed by atoms with E-state index in [0.717, 1.165) is 28.4 Å². The van der Waals surface area contributed by atoms with Gasteiger partial charge < -0.3 is 5.32 Å². The second kappa shape index (κ2) is 5.61. The summed E-state index contributed by atoms with van der Waals surface area (Å²) in [5.74, 6) is 0.660. The van der Waals surface area contributed by atoms with Crippen LogP contribution in [0.1, 0.15) is 17.3 Å². The van der Waals surface area contributed by atoms with Crippen molar-refractivity contribution < 1.29 is 13.2 Å². The van der Waals surface area contributed by atoms with E-state index in [1.54, 1.807) is 6.07 Å². The third-order valence-electron chi connectivity index (χ3n) is 4.87. The highest BCUT2D eigenvalue weighted by Gasteiger charge is 2.37. The number of benzene rings is 3. The van der Waals surface area contributed by atoms with Crippen LogP contribution in [0.4, 0.5) is 18.9 Å². The zero-order valence-corrected chi connectivity index (χ0v) is 14.0. The first-order chi connectivity index (χ1) is 13.0. The first kappa shape index (κ1) is 15.9. The molecular formula is C21H14F3N3. The number of alkyl halides is 3. The Labute approximate surface area is 153 Å². The molecule has 27 heavy (non-hydrogen) atoms. The number of hydrogen-bond acceptors (Lipinski definition) is 2. The maximum absolute atomic E-state index is 13.7. The first-order valence-corrected chi connectivity index (χ1v) is 8.53. The number of aromatic nitrogens is 2. The number of fused-ring (bicyclic) bond motifs is 5. The number of anilines is 1. The predicted octanol–water partition coefficient (Wildman–Crippen LogP) is 5.69. The van der Waals surface area contributed by atoms with Crippen molar-refractivity contribution in [2.75, 3.05) is 5.32 Å². The third kappa shape index (κ3) is 2.40. The number of nitrogens with one attached hydrogen (secondary N) is 1. The van der Waals surface area contributed by atoms with Gasteiger partial charge in [0.25, 0.3) is 0 Å². The van der Waals surface area contributed by atoms with E-state index in [9.17, 15) is 13.2 Å². The van der Waals surface area contributed by atoms with Crippen LogP contribution < -0.4 is 5.32 Å². The van der Waals surface area contributed by atoms with Gasteiger partial charge in [0.05, 0.1) is 16.6 Å². The van der Waals surface area contributed by atoms with E-state index < -0.39 is 17.9 Å². The molecule has 1 atom stereocenters. The lowest BCUT2D eigenvalue weighted by molar-refractivity contribution is -0.138. The largest absolute Gasteiger partial charge is 0.416 e. The van der Waals surface area contributed by atoms with Gasteiger partial charge in [0.1, 0.15) is 12.0 Å². The number of imidazole rings is 1. The van der Waals surface area contributed by atoms with Crippen LogP contribution in [0.3, 0.4) is 0 Å². The van der Waals surface area contributed by atoms with Gasteiger partial charge in [-0.1, -0.05) is 42.5 Å². The van der Waals surface area contributed by atoms with Crippen LogP contribution in [0, 0.1) is 0 Å². The van der Waals surface area contributed by atoms with E-state index in [2.05, 4.69) is 5.32 Å². The van der Waals surface area contributed by atoms with Gasteiger partial charge in [-0.3, -0.25) is 4.57 Å². The van der Waals surface area contributed by atoms with Crippen LogP contribution in [0.25, 0.3) is 22.4 Å². The van der Waals surface area contributed by atoms with Crippen molar-refractivity contribution in [3.8, 4) is 11.4 Å². The third-order valence-corrected chi connectivity index (χ3v) is 4.87. The molecule has 1 aliphatic heterocycles. The molecule has 1 aromatic heterocycles. The Morgan fingerprint density at radius 3 is 2.41 bits per heavy atom. The lowest BCUT2D eigenvalue weighted by Crippen LogP contribution is -2.27. The number of nitrogens with zero attached hydrogens (tertiary/aromatic N) is 2. The zero-order chi connectivity index (χ0) is 18.6. The molecule has 0 fully saturated rings. The van der Waals surface area contributed by atoms with Gasteiger partial charge >= 0.3 is 6.18 Å². The molecule has 0 bridgehead atoms. The van der Waals surface area contributed by atoms with Gasteiger partial charge in [0.15, 0.2) is 0 Å². The summed E-state index contributed by atoms with van der Waals surface area (Å²) in [6, 6.07) is 20.7. The SMILES string of the molecule is FC(F)(F)c1ccccc1[C@@H]1Nc2ccccc2-c2nc3ccccc3n21. The average molecular weight is 365 g/mol. The topological polar surface area (TPSA) is 29.9 Å². The van der Waals surface area contributed by atoms with Crippen molar-refractivity contribution in [1.29, 1.82) is 0 Å². The zero-order valence-electron chi connectivity index (χ0n) is 14.0. The van der Waals surface area contributed by atoms with Gasteiger partial charge in [-0.25, -0.2) is 4.98 Å². The van der Waals surface area contributed by atoms with E-state index in [1.807, 2.05) is 53.1 Å². The lowest BCUT2D eigenvalue weighted by Gasteiger charge is -2.31. The molecule has 134 valence electrons. The van der Waals surface area contributed by atoms with Gasteiger partial charge in [-0.2, -0.15) is 13.2 Å². The highest BCUT2D eigenvalue weighted by Crippen LogP contribution is 2.43. The fourth-order valence-electron chi connectivity index (χ4n) is 3.72. The summed E-state index contributed by atoms with van der Waals surface area (Å²) in [7, 11) is 0. The highest BCUT2D eigenvalue weighted by atomic mass is 19.4. The van der Waals surface area contributed by atoms with Crippen molar-refractivity contribution in [2.45, 2.75) is 12.3 Å². The fourth-order valence-corrected chi connectivity index (χ4v) is 3.72. The molecule has 5 rings (SSSR count). The quantitative estimate of drug-likeness (QED) is 0.469. The highest BCUT2D eigenvalue weighted by molar-refractivity contribution is 5.86. The predicted molar refractivity (Wildman–Crippen MR) is 98.4 cm³/mol. The summed E-state index contributed by atoms with van der Waals surface area (Å²) in [6.07, 6.45) is -5.15. The van der Waals surface area contributed by atoms with Gasteiger partial charge in [-0.15, -0.1) is 0 Å². The maximum Gasteiger partial charge on any atom is 0.416 e. The van der Waals surface area contributed by atoms with Gasteiger partial charge in [0, 0.05) is 16.8 Å². The number of rotatable bonds is 1. The minimum Gasteiger partial charge on any atom is -0.361 e. The first-order valence-electron chi connectivity index (χ1n) is 8.53. The van der Waals surface area contributed by atoms with Crippen molar-refractivity contribution in [1.82, 2.24) is 9.55 Å². The standard InChI is InChI=1S/C21H14F3N3/c22-21(23,24)15-9-3-1-7-13(15)19-25-16-10-4-2-8-14(16)20-26-17-11-5-6-12-18(17)27(19)20/h1-12,19,25H/t19-/m1/s1. The molecule has 2 heterocycles. The molecule has 0 aliphatic carbocycles. The second-order valence-electron chi connectivity index (χ2n) is 6.47. The van der Waals surface area contributed by atoms with E-state index in [1.165, 1.54) is 12.1 Å². The Kier molecular flexibility index (Phi) is 3.31. The summed E-state index contributed by atoms with van der Waals surface area (Å²) >= 11 is 0. The molecule has 0 amide bonds. The summed E-state index contributed by atoms with van der Waals surface area (Å²) in [4.78, 5) is 4.70. The number of para-hydroxylation sites is 3. The van der Waals surface area contributed by atoms with Crippen LogP contribution in [0.5, 0.6) is 0 Å². The molecule has 3 aromatic carbocycles. The molecule has 0 radical (unpaired) electrons. The average Bonchev–Trinajstić information content (AvgIpc) is 3.07.